The van der Waals surface area contributed by atoms with Crippen molar-refractivity contribution in [3.8, 4) is 11.5 Å². The maximum atomic E-state index is 13.1. The van der Waals surface area contributed by atoms with Crippen molar-refractivity contribution < 1.29 is 38.1 Å². The van der Waals surface area contributed by atoms with Gasteiger partial charge in [-0.15, -0.1) is 22.7 Å². The minimum atomic E-state index is -0.451. The number of pyridine rings is 2. The Kier molecular flexibility index (Phi) is 21.4. The number of rotatable bonds is 28. The van der Waals surface area contributed by atoms with Crippen molar-refractivity contribution in [3.63, 3.8) is 0 Å². The molecule has 0 atom stereocenters. The molecule has 88 heavy (non-hydrogen) atoms. The van der Waals surface area contributed by atoms with Gasteiger partial charge < -0.3 is 38.5 Å². The monoisotopic (exact) mass is 1230 g/mol. The largest absolute Gasteiger partial charge is 0.494 e. The third kappa shape index (κ3) is 16.1. The Balaban J connectivity index is 0.519. The molecule has 0 aliphatic carbocycles. The lowest BCUT2D eigenvalue weighted by Crippen LogP contribution is -2.50. The van der Waals surface area contributed by atoms with E-state index in [-0.39, 0.29) is 62.1 Å². The SMILES string of the molecule is O=C(CCCCC(=O)N1CCN(C(=O)CCCCC(=O)OCn2c(=O)ccc3ccc(OCCCCN4CCN(c5cccc6sccc56)CC4)cc32)CC1)OCn1c(=O)ccc2ccc(OCCCCN3CCN(c4cccc5sccc45)CC3)cc21. The minimum Gasteiger partial charge on any atom is -0.494 e. The van der Waals surface area contributed by atoms with E-state index in [9.17, 15) is 28.8 Å². The van der Waals surface area contributed by atoms with Crippen LogP contribution in [0.1, 0.15) is 77.0 Å². The van der Waals surface area contributed by atoms with E-state index in [1.54, 1.807) is 44.6 Å². The fraction of sp³-hybridized carbons (Fsp3) is 0.441. The average Bonchev–Trinajstić information content (AvgIpc) is 2.82. The second kappa shape index (κ2) is 30.4. The Morgan fingerprint density at radius 1 is 0.420 bits per heavy atom. The van der Waals surface area contributed by atoms with Gasteiger partial charge >= 0.3 is 11.9 Å². The smallest absolute Gasteiger partial charge is 0.307 e. The summed E-state index contributed by atoms with van der Waals surface area (Å²) >= 11 is 3.58. The second-order valence-electron chi connectivity index (χ2n) is 23.1. The van der Waals surface area contributed by atoms with E-state index in [2.05, 4.69) is 78.9 Å². The number of benzene rings is 4. The molecule has 0 N–H and O–H groups in total. The third-order valence-corrected chi connectivity index (χ3v) is 19.1. The molecule has 0 unspecified atom stereocenters. The lowest BCUT2D eigenvalue weighted by Gasteiger charge is -2.36. The molecule has 4 aromatic carbocycles. The number of nitrogens with zero attached hydrogens (tertiary/aromatic N) is 8. The molecular formula is C68H80N8O10S2. The molecule has 4 aromatic heterocycles. The van der Waals surface area contributed by atoms with Crippen LogP contribution in [0.25, 0.3) is 42.0 Å². The first-order valence-electron chi connectivity index (χ1n) is 31.4. The van der Waals surface area contributed by atoms with E-state index < -0.39 is 11.9 Å². The van der Waals surface area contributed by atoms with Crippen LogP contribution in [0.3, 0.4) is 0 Å². The molecule has 20 heteroatoms. The van der Waals surface area contributed by atoms with E-state index >= 15 is 0 Å². The Labute approximate surface area is 521 Å². The summed E-state index contributed by atoms with van der Waals surface area (Å²) in [5.74, 6) is 0.346. The molecule has 7 heterocycles. The lowest BCUT2D eigenvalue weighted by molar-refractivity contribution is -0.148. The summed E-state index contributed by atoms with van der Waals surface area (Å²) in [6.07, 6.45) is 6.50. The Hall–Kier alpha value is -7.78. The van der Waals surface area contributed by atoms with Crippen molar-refractivity contribution in [2.24, 2.45) is 0 Å². The van der Waals surface area contributed by atoms with E-state index in [1.165, 1.54) is 52.8 Å². The first kappa shape index (κ1) is 61.9. The van der Waals surface area contributed by atoms with Crippen molar-refractivity contribution in [3.05, 3.63) is 141 Å². The molecule has 0 radical (unpaired) electrons. The number of hydrogen-bond donors (Lipinski definition) is 0. The van der Waals surface area contributed by atoms with Crippen molar-refractivity contribution in [1.82, 2.24) is 28.7 Å². The quantitative estimate of drug-likeness (QED) is 0.0335. The second-order valence-corrected chi connectivity index (χ2v) is 25.0. The van der Waals surface area contributed by atoms with Gasteiger partial charge in [0.1, 0.15) is 11.5 Å². The number of carbonyl (C=O) groups is 4. The van der Waals surface area contributed by atoms with Crippen LogP contribution < -0.4 is 30.4 Å². The van der Waals surface area contributed by atoms with E-state index in [0.717, 1.165) is 102 Å². The zero-order valence-electron chi connectivity index (χ0n) is 50.2. The number of thiophene rings is 2. The van der Waals surface area contributed by atoms with Gasteiger partial charge in [0, 0.05) is 160 Å². The Morgan fingerprint density at radius 3 is 1.26 bits per heavy atom. The summed E-state index contributed by atoms with van der Waals surface area (Å²) in [5, 5.41) is 8.66. The van der Waals surface area contributed by atoms with Gasteiger partial charge in [0.05, 0.1) is 24.2 Å². The highest BCUT2D eigenvalue weighted by molar-refractivity contribution is 7.17. The summed E-state index contributed by atoms with van der Waals surface area (Å²) in [6, 6.07) is 35.3. The van der Waals surface area contributed by atoms with Crippen LogP contribution in [0.4, 0.5) is 11.4 Å². The summed E-state index contributed by atoms with van der Waals surface area (Å²) in [5.41, 5.74) is 3.33. The van der Waals surface area contributed by atoms with Gasteiger partial charge in [0.25, 0.3) is 11.1 Å². The Morgan fingerprint density at radius 2 is 0.830 bits per heavy atom. The molecule has 0 saturated carbocycles. The normalized spacial score (nSPS) is 15.2. The summed E-state index contributed by atoms with van der Waals surface area (Å²) in [7, 11) is 0. The fourth-order valence-electron chi connectivity index (χ4n) is 12.2. The first-order chi connectivity index (χ1) is 43.1. The summed E-state index contributed by atoms with van der Waals surface area (Å²) in [6.45, 7) is 12.6. The van der Waals surface area contributed by atoms with E-state index in [1.807, 2.05) is 36.4 Å². The molecular weight excluding hydrogens is 1150 g/mol. The molecule has 11 rings (SSSR count). The molecule has 3 saturated heterocycles. The number of anilines is 2. The molecule has 0 spiro atoms. The standard InChI is InChI=1S/C68H80N8O10S2/c77-63(15-1-3-17-67(81)85-49-75-59-47-53(23-19-51(59)21-25-65(75)79)83-43-7-5-29-69-31-35-71(36-32-69)57-11-9-13-61-55(57)27-45-87-61)73-39-41-74(42-40-73)64(78)16-2-4-18-68(82)86-50-76-60-48-54(24-20-52(60)22-26-66(76)80)84-44-8-6-30-70-33-37-72(38-34-70)58-12-10-14-62-56(58)28-46-88-62/h9-14,19-28,45-48H,1-8,15-18,29-44,49-50H2. The summed E-state index contributed by atoms with van der Waals surface area (Å²) in [4.78, 5) is 91.5. The van der Waals surface area contributed by atoms with Gasteiger partial charge in [-0.25, -0.2) is 0 Å². The molecule has 18 nitrogen and oxygen atoms in total. The van der Waals surface area contributed by atoms with Crippen LogP contribution in [-0.4, -0.2) is 157 Å². The number of fused-ring (bicyclic) bond motifs is 4. The molecule has 3 aliphatic heterocycles. The van der Waals surface area contributed by atoms with Gasteiger partial charge in [-0.1, -0.05) is 12.1 Å². The van der Waals surface area contributed by atoms with Crippen molar-refractivity contribution in [1.29, 1.82) is 0 Å². The zero-order valence-corrected chi connectivity index (χ0v) is 51.9. The van der Waals surface area contributed by atoms with Crippen molar-refractivity contribution >= 4 is 99.8 Å². The van der Waals surface area contributed by atoms with Gasteiger partial charge in [0.15, 0.2) is 13.5 Å². The summed E-state index contributed by atoms with van der Waals surface area (Å²) < 4.78 is 28.9. The van der Waals surface area contributed by atoms with Crippen molar-refractivity contribution in [2.75, 3.05) is 115 Å². The number of unbranched alkanes of at least 4 members (excludes halogenated alkanes) is 4. The molecule has 3 aliphatic rings. The number of carbonyl (C=O) groups excluding carboxylic acids is 4. The molecule has 0 bridgehead atoms. The van der Waals surface area contributed by atoms with Crippen LogP contribution in [0.15, 0.2) is 130 Å². The first-order valence-corrected chi connectivity index (χ1v) is 33.1. The van der Waals surface area contributed by atoms with E-state index in [0.29, 0.717) is 87.6 Å². The van der Waals surface area contributed by atoms with E-state index in [4.69, 9.17) is 18.9 Å². The number of ether oxygens (including phenoxy) is 4. The highest BCUT2D eigenvalue weighted by atomic mass is 32.1. The predicted octanol–water partition coefficient (Wildman–Crippen LogP) is 10.2. The van der Waals surface area contributed by atoms with Gasteiger partial charge in [-0.3, -0.25) is 47.7 Å². The number of esters is 2. The molecule has 3 fully saturated rings. The van der Waals surface area contributed by atoms with Crippen LogP contribution in [0, 0.1) is 0 Å². The number of hydrogen-bond acceptors (Lipinski definition) is 16. The van der Waals surface area contributed by atoms with Gasteiger partial charge in [-0.05, 0) is 159 Å². The highest BCUT2D eigenvalue weighted by Crippen LogP contribution is 2.33. The van der Waals surface area contributed by atoms with Crippen molar-refractivity contribution in [2.45, 2.75) is 90.5 Å². The number of amides is 2. The lowest BCUT2D eigenvalue weighted by atomic mass is 10.1. The molecule has 8 aromatic rings. The predicted molar refractivity (Wildman–Crippen MR) is 349 cm³/mol. The van der Waals surface area contributed by atoms with Crippen LogP contribution in [0.5, 0.6) is 11.5 Å². The fourth-order valence-corrected chi connectivity index (χ4v) is 13.8. The zero-order chi connectivity index (χ0) is 60.6. The molecule has 464 valence electrons. The highest BCUT2D eigenvalue weighted by Gasteiger charge is 2.25. The third-order valence-electron chi connectivity index (χ3n) is 17.3. The van der Waals surface area contributed by atoms with Crippen LogP contribution >= 0.6 is 22.7 Å². The topological polar surface area (TPSA) is 169 Å². The van der Waals surface area contributed by atoms with Gasteiger partial charge in [0.2, 0.25) is 11.8 Å². The Bertz CT molecular complexity index is 3550. The maximum Gasteiger partial charge on any atom is 0.307 e. The van der Waals surface area contributed by atoms with Gasteiger partial charge in [-0.2, -0.15) is 0 Å². The average molecular weight is 1230 g/mol. The minimum absolute atomic E-state index is 0.0259. The van der Waals surface area contributed by atoms with Crippen LogP contribution in [0.2, 0.25) is 0 Å². The number of aromatic nitrogens is 2. The van der Waals surface area contributed by atoms with Crippen LogP contribution in [-0.2, 0) is 42.1 Å². The molecule has 2 amide bonds. The maximum absolute atomic E-state index is 13.1. The number of piperazine rings is 3.